The number of likely N-dealkylation sites (tertiary alicyclic amines) is 1. The summed E-state index contributed by atoms with van der Waals surface area (Å²) >= 11 is 0. The van der Waals surface area contributed by atoms with Gasteiger partial charge in [-0.15, -0.1) is 0 Å². The average molecular weight is 463 g/mol. The first-order valence-corrected chi connectivity index (χ1v) is 12.1. The molecule has 3 N–H and O–H groups in total. The number of anilines is 3. The van der Waals surface area contributed by atoms with Gasteiger partial charge in [0.15, 0.2) is 17.4 Å². The third-order valence-electron chi connectivity index (χ3n) is 6.69. The van der Waals surface area contributed by atoms with Crippen LogP contribution in [0.1, 0.15) is 51.6 Å². The predicted octanol–water partition coefficient (Wildman–Crippen LogP) is 4.76. The number of hydrogen-bond donors (Lipinski definition) is 3. The number of aromatic nitrogens is 4. The van der Waals surface area contributed by atoms with Crippen LogP contribution in [0, 0.1) is 18.3 Å². The maximum absolute atomic E-state index is 9.11. The van der Waals surface area contributed by atoms with Gasteiger partial charge in [-0.1, -0.05) is 13.8 Å². The van der Waals surface area contributed by atoms with Crippen LogP contribution in [0.25, 0.3) is 10.9 Å². The highest BCUT2D eigenvalue weighted by Gasteiger charge is 2.34. The van der Waals surface area contributed by atoms with Crippen molar-refractivity contribution in [2.45, 2.75) is 71.0 Å². The van der Waals surface area contributed by atoms with Crippen molar-refractivity contribution in [3.05, 3.63) is 30.1 Å². The number of pyridine rings is 2. The Hall–Kier alpha value is -3.38. The summed E-state index contributed by atoms with van der Waals surface area (Å²) in [7, 11) is 1.63. The van der Waals surface area contributed by atoms with Gasteiger partial charge in [-0.2, -0.15) is 10.4 Å². The van der Waals surface area contributed by atoms with E-state index in [9.17, 15) is 0 Å². The number of rotatable bonds is 9. The number of piperidine rings is 1. The molecule has 0 aromatic carbocycles. The largest absolute Gasteiger partial charge is 0.491 e. The summed E-state index contributed by atoms with van der Waals surface area (Å²) in [6.07, 6.45) is 6.48. The van der Waals surface area contributed by atoms with E-state index in [0.29, 0.717) is 35.9 Å². The lowest BCUT2D eigenvalue weighted by atomic mass is 9.88. The van der Waals surface area contributed by atoms with Crippen LogP contribution >= 0.6 is 0 Å². The number of nitrogens with one attached hydrogen (secondary N) is 3. The topological polar surface area (TPSA) is 115 Å². The van der Waals surface area contributed by atoms with Crippen LogP contribution in [0.2, 0.25) is 0 Å². The van der Waals surface area contributed by atoms with Crippen molar-refractivity contribution in [2.75, 3.05) is 24.3 Å². The quantitative estimate of drug-likeness (QED) is 0.417. The highest BCUT2D eigenvalue weighted by molar-refractivity contribution is 5.97. The molecule has 180 valence electrons. The zero-order chi connectivity index (χ0) is 24.1. The van der Waals surface area contributed by atoms with E-state index in [-0.39, 0.29) is 6.04 Å². The van der Waals surface area contributed by atoms with Crippen LogP contribution in [0.3, 0.4) is 0 Å². The van der Waals surface area contributed by atoms with Crippen LogP contribution in [0.15, 0.2) is 24.4 Å². The number of H-pyrrole nitrogens is 1. The van der Waals surface area contributed by atoms with E-state index < -0.39 is 0 Å². The monoisotopic (exact) mass is 462 g/mol. The molecule has 1 fully saturated rings. The van der Waals surface area contributed by atoms with Gasteiger partial charge in [0.1, 0.15) is 11.3 Å². The van der Waals surface area contributed by atoms with Gasteiger partial charge in [-0.05, 0) is 44.7 Å². The fourth-order valence-electron chi connectivity index (χ4n) is 5.08. The molecule has 3 aromatic rings. The van der Waals surface area contributed by atoms with Crippen LogP contribution in [0.5, 0.6) is 5.75 Å². The molecule has 34 heavy (non-hydrogen) atoms. The Morgan fingerprint density at radius 1 is 1.24 bits per heavy atom. The molecule has 2 unspecified atom stereocenters. The van der Waals surface area contributed by atoms with Gasteiger partial charge in [0.25, 0.3) is 0 Å². The SMILES string of the molecule is CCC1CC(Nc2nc(Nc3cc(C)[nH]n3)c(OC)c3ncccc23)CC(CC)N1CCC#N. The van der Waals surface area contributed by atoms with E-state index in [1.54, 1.807) is 13.3 Å². The molecule has 9 heteroatoms. The maximum atomic E-state index is 9.11. The average Bonchev–Trinajstić information content (AvgIpc) is 3.27. The molecule has 1 saturated heterocycles. The Morgan fingerprint density at radius 3 is 2.62 bits per heavy atom. The number of aromatic amines is 1. The standard InChI is InChI=1S/C25H34N8O/c1-5-18-14-17(15-19(6-2)33(18)12-8-10-26)28-24-20-9-7-11-27-22(20)23(34-4)25(30-24)29-21-13-16(3)31-32-21/h7,9,11,13,17-19H,5-6,8,12,14-15H2,1-4H3,(H3,28,29,30,31,32). The maximum Gasteiger partial charge on any atom is 0.188 e. The smallest absolute Gasteiger partial charge is 0.188 e. The van der Waals surface area contributed by atoms with Crippen molar-refractivity contribution in [3.8, 4) is 11.8 Å². The predicted molar refractivity (Wildman–Crippen MR) is 134 cm³/mol. The van der Waals surface area contributed by atoms with Crippen molar-refractivity contribution in [3.63, 3.8) is 0 Å². The minimum absolute atomic E-state index is 0.276. The summed E-state index contributed by atoms with van der Waals surface area (Å²) in [4.78, 5) is 12.1. The van der Waals surface area contributed by atoms with Crippen LogP contribution in [0.4, 0.5) is 17.5 Å². The zero-order valence-electron chi connectivity index (χ0n) is 20.4. The molecule has 1 aliphatic rings. The normalized spacial score (nSPS) is 20.7. The van der Waals surface area contributed by atoms with Crippen LogP contribution in [-0.2, 0) is 0 Å². The summed E-state index contributed by atoms with van der Waals surface area (Å²) in [5.74, 6) is 2.63. The zero-order valence-corrected chi connectivity index (χ0v) is 20.4. The second-order valence-electron chi connectivity index (χ2n) is 8.89. The van der Waals surface area contributed by atoms with Gasteiger partial charge in [0.2, 0.25) is 0 Å². The Balaban J connectivity index is 1.66. The van der Waals surface area contributed by atoms with Gasteiger partial charge in [0, 0.05) is 54.4 Å². The summed E-state index contributed by atoms with van der Waals surface area (Å²) < 4.78 is 5.72. The van der Waals surface area contributed by atoms with Crippen molar-refractivity contribution in [2.24, 2.45) is 0 Å². The molecule has 3 aromatic heterocycles. The van der Waals surface area contributed by atoms with E-state index in [1.165, 1.54) is 0 Å². The van der Waals surface area contributed by atoms with E-state index >= 15 is 0 Å². The van der Waals surface area contributed by atoms with Crippen LogP contribution < -0.4 is 15.4 Å². The molecule has 0 aliphatic carbocycles. The Kier molecular flexibility index (Phi) is 7.48. The molecule has 0 radical (unpaired) electrons. The molecule has 4 rings (SSSR count). The van der Waals surface area contributed by atoms with Crippen molar-refractivity contribution in [1.82, 2.24) is 25.1 Å². The first-order chi connectivity index (χ1) is 16.6. The molecular weight excluding hydrogens is 428 g/mol. The van der Waals surface area contributed by atoms with Crippen molar-refractivity contribution < 1.29 is 4.74 Å². The van der Waals surface area contributed by atoms with Gasteiger partial charge in [-0.25, -0.2) is 4.98 Å². The molecule has 9 nitrogen and oxygen atoms in total. The summed E-state index contributed by atoms with van der Waals surface area (Å²) in [5.41, 5.74) is 1.71. The number of hydrogen-bond acceptors (Lipinski definition) is 8. The van der Waals surface area contributed by atoms with E-state index in [1.807, 2.05) is 25.1 Å². The molecule has 0 saturated carbocycles. The Morgan fingerprint density at radius 2 is 2.00 bits per heavy atom. The number of methoxy groups -OCH3 is 1. The third-order valence-corrected chi connectivity index (χ3v) is 6.69. The lowest BCUT2D eigenvalue weighted by Gasteiger charge is -2.45. The second kappa shape index (κ2) is 10.7. The van der Waals surface area contributed by atoms with Gasteiger partial charge in [-0.3, -0.25) is 15.0 Å². The molecule has 0 bridgehead atoms. The number of aryl methyl sites for hydroxylation is 1. The lowest BCUT2D eigenvalue weighted by Crippen LogP contribution is -2.52. The Bertz CT molecular complexity index is 1140. The highest BCUT2D eigenvalue weighted by Crippen LogP contribution is 2.37. The minimum Gasteiger partial charge on any atom is -0.491 e. The Labute approximate surface area is 200 Å². The number of fused-ring (bicyclic) bond motifs is 1. The summed E-state index contributed by atoms with van der Waals surface area (Å²) in [5, 5.41) is 24.3. The van der Waals surface area contributed by atoms with E-state index in [2.05, 4.69) is 50.6 Å². The van der Waals surface area contributed by atoms with Gasteiger partial charge < -0.3 is 15.4 Å². The van der Waals surface area contributed by atoms with E-state index in [4.69, 9.17) is 15.0 Å². The number of ether oxygens (including phenoxy) is 1. The number of nitriles is 1. The third kappa shape index (κ3) is 4.92. The molecule has 0 spiro atoms. The minimum atomic E-state index is 0.276. The molecule has 4 heterocycles. The molecule has 1 aliphatic heterocycles. The summed E-state index contributed by atoms with van der Waals surface area (Å²) in [6.45, 7) is 7.26. The lowest BCUT2D eigenvalue weighted by molar-refractivity contribution is 0.0735. The number of nitrogens with zero attached hydrogens (tertiary/aromatic N) is 5. The first-order valence-electron chi connectivity index (χ1n) is 12.1. The van der Waals surface area contributed by atoms with Crippen LogP contribution in [-0.4, -0.2) is 56.8 Å². The van der Waals surface area contributed by atoms with Gasteiger partial charge in [0.05, 0.1) is 13.2 Å². The van der Waals surface area contributed by atoms with Crippen molar-refractivity contribution >= 4 is 28.4 Å². The highest BCUT2D eigenvalue weighted by atomic mass is 16.5. The fourth-order valence-corrected chi connectivity index (χ4v) is 5.08. The van der Waals surface area contributed by atoms with Crippen molar-refractivity contribution in [1.29, 1.82) is 5.26 Å². The molecular formula is C25H34N8O. The second-order valence-corrected chi connectivity index (χ2v) is 8.89. The first kappa shape index (κ1) is 23.8. The molecule has 0 amide bonds. The summed E-state index contributed by atoms with van der Waals surface area (Å²) in [6, 6.07) is 9.35. The van der Waals surface area contributed by atoms with Gasteiger partial charge >= 0.3 is 0 Å². The molecule has 2 atom stereocenters. The van der Waals surface area contributed by atoms with E-state index in [0.717, 1.165) is 54.6 Å². The fraction of sp³-hybridized carbons (Fsp3) is 0.520.